The molecule has 0 radical (unpaired) electrons. The fraction of sp³-hybridized carbons (Fsp3) is 0.714. The molecule has 1 aromatic heterocycles. The fourth-order valence-corrected chi connectivity index (χ4v) is 4.24. The van der Waals surface area contributed by atoms with E-state index in [4.69, 9.17) is 0 Å². The van der Waals surface area contributed by atoms with Gasteiger partial charge in [0, 0.05) is 31.9 Å². The molecule has 1 saturated heterocycles. The Bertz CT molecular complexity index is 555. The molecular formula is C21H34N4O2. The van der Waals surface area contributed by atoms with Crippen molar-refractivity contribution in [3.63, 3.8) is 0 Å². The number of nitrogens with one attached hydrogen (secondary N) is 1. The molecule has 150 valence electrons. The summed E-state index contributed by atoms with van der Waals surface area (Å²) in [6, 6.07) is 6.25. The highest BCUT2D eigenvalue weighted by molar-refractivity contribution is 5.74. The van der Waals surface area contributed by atoms with Crippen LogP contribution in [0.3, 0.4) is 0 Å². The zero-order valence-corrected chi connectivity index (χ0v) is 16.4. The second-order valence-corrected chi connectivity index (χ2v) is 7.94. The molecule has 0 aromatic carbocycles. The molecule has 6 heteroatoms. The van der Waals surface area contributed by atoms with Gasteiger partial charge < -0.3 is 20.2 Å². The van der Waals surface area contributed by atoms with Gasteiger partial charge in [-0.15, -0.1) is 0 Å². The number of carbonyl (C=O) groups is 1. The van der Waals surface area contributed by atoms with E-state index < -0.39 is 0 Å². The molecule has 1 aliphatic heterocycles. The summed E-state index contributed by atoms with van der Waals surface area (Å²) in [6.45, 7) is 4.47. The highest BCUT2D eigenvalue weighted by atomic mass is 16.3. The number of hydrogen-bond donors (Lipinski definition) is 2. The molecule has 2 N–H and O–H groups in total. The van der Waals surface area contributed by atoms with Gasteiger partial charge in [0.15, 0.2) is 0 Å². The highest BCUT2D eigenvalue weighted by Crippen LogP contribution is 2.24. The Hall–Kier alpha value is -1.66. The van der Waals surface area contributed by atoms with Crippen LogP contribution in [0.2, 0.25) is 0 Å². The van der Waals surface area contributed by atoms with Gasteiger partial charge in [-0.3, -0.25) is 4.98 Å². The standard InChI is InChI=1S/C21H34N4O2/c26-17-18-9-13-24(14-10-18)15-12-23-21(27)25(20-7-2-1-3-8-20)16-19-6-4-5-11-22-19/h4-6,11,18,20,26H,1-3,7-10,12-17H2,(H,23,27). The van der Waals surface area contributed by atoms with Crippen LogP contribution in [0.5, 0.6) is 0 Å². The lowest BCUT2D eigenvalue weighted by Crippen LogP contribution is -2.48. The van der Waals surface area contributed by atoms with Crippen molar-refractivity contribution < 1.29 is 9.90 Å². The first-order valence-corrected chi connectivity index (χ1v) is 10.5. The number of rotatable bonds is 7. The van der Waals surface area contributed by atoms with Gasteiger partial charge in [0.2, 0.25) is 0 Å². The van der Waals surface area contributed by atoms with E-state index in [1.807, 2.05) is 23.1 Å². The van der Waals surface area contributed by atoms with E-state index >= 15 is 0 Å². The summed E-state index contributed by atoms with van der Waals surface area (Å²) in [6.07, 6.45) is 9.77. The molecule has 2 amide bonds. The third kappa shape index (κ3) is 6.18. The first-order valence-electron chi connectivity index (χ1n) is 10.5. The monoisotopic (exact) mass is 374 g/mol. The minimum atomic E-state index is 0.0396. The summed E-state index contributed by atoms with van der Waals surface area (Å²) >= 11 is 0. The lowest BCUT2D eigenvalue weighted by molar-refractivity contribution is 0.128. The SMILES string of the molecule is O=C(NCCN1CCC(CO)CC1)N(Cc1ccccn1)C1CCCCC1. The van der Waals surface area contributed by atoms with Gasteiger partial charge in [0.25, 0.3) is 0 Å². The number of pyridine rings is 1. The van der Waals surface area contributed by atoms with Crippen LogP contribution in [-0.2, 0) is 6.54 Å². The second kappa shape index (κ2) is 10.6. The molecule has 1 saturated carbocycles. The normalized spacial score (nSPS) is 19.7. The number of hydrogen-bond acceptors (Lipinski definition) is 4. The number of aliphatic hydroxyl groups is 1. The van der Waals surface area contributed by atoms with Crippen molar-refractivity contribution >= 4 is 6.03 Å². The topological polar surface area (TPSA) is 68.7 Å². The van der Waals surface area contributed by atoms with Crippen molar-refractivity contribution in [3.05, 3.63) is 30.1 Å². The number of aromatic nitrogens is 1. The maximum absolute atomic E-state index is 12.9. The smallest absolute Gasteiger partial charge is 0.318 e. The third-order valence-corrected chi connectivity index (χ3v) is 6.00. The van der Waals surface area contributed by atoms with E-state index in [-0.39, 0.29) is 6.03 Å². The average molecular weight is 375 g/mol. The predicted molar refractivity (Wildman–Crippen MR) is 106 cm³/mol. The average Bonchev–Trinajstić information content (AvgIpc) is 2.74. The van der Waals surface area contributed by atoms with Crippen LogP contribution in [0.25, 0.3) is 0 Å². The Kier molecular flexibility index (Phi) is 7.90. The summed E-state index contributed by atoms with van der Waals surface area (Å²) in [5, 5.41) is 12.4. The number of piperidine rings is 1. The Labute approximate surface area is 163 Å². The van der Waals surface area contributed by atoms with E-state index in [1.165, 1.54) is 19.3 Å². The van der Waals surface area contributed by atoms with Gasteiger partial charge in [-0.05, 0) is 56.8 Å². The van der Waals surface area contributed by atoms with E-state index in [1.54, 1.807) is 6.20 Å². The van der Waals surface area contributed by atoms with Crippen molar-refractivity contribution in [2.45, 2.75) is 57.5 Å². The number of urea groups is 1. The Morgan fingerprint density at radius 2 is 1.96 bits per heavy atom. The third-order valence-electron chi connectivity index (χ3n) is 6.00. The van der Waals surface area contributed by atoms with Crippen molar-refractivity contribution in [2.75, 3.05) is 32.8 Å². The molecule has 1 aromatic rings. The van der Waals surface area contributed by atoms with Gasteiger partial charge in [0.05, 0.1) is 12.2 Å². The number of likely N-dealkylation sites (tertiary alicyclic amines) is 1. The minimum absolute atomic E-state index is 0.0396. The summed E-state index contributed by atoms with van der Waals surface area (Å²) in [5.41, 5.74) is 0.948. The van der Waals surface area contributed by atoms with E-state index in [2.05, 4.69) is 15.2 Å². The predicted octanol–water partition coefficient (Wildman–Crippen LogP) is 2.63. The molecule has 0 bridgehead atoms. The molecule has 0 atom stereocenters. The molecular weight excluding hydrogens is 340 g/mol. The van der Waals surface area contributed by atoms with Crippen molar-refractivity contribution in [1.29, 1.82) is 0 Å². The molecule has 3 rings (SSSR count). The lowest BCUT2D eigenvalue weighted by atomic mass is 9.94. The van der Waals surface area contributed by atoms with E-state index in [0.29, 0.717) is 31.7 Å². The van der Waals surface area contributed by atoms with E-state index in [0.717, 1.165) is 51.0 Å². The van der Waals surface area contributed by atoms with Crippen molar-refractivity contribution in [3.8, 4) is 0 Å². The van der Waals surface area contributed by atoms with Crippen molar-refractivity contribution in [1.82, 2.24) is 20.1 Å². The lowest BCUT2D eigenvalue weighted by Gasteiger charge is -2.35. The van der Waals surface area contributed by atoms with Crippen LogP contribution in [0.15, 0.2) is 24.4 Å². The maximum atomic E-state index is 12.9. The Morgan fingerprint density at radius 3 is 2.63 bits per heavy atom. The van der Waals surface area contributed by atoms with Crippen LogP contribution in [0.1, 0.15) is 50.6 Å². The summed E-state index contributed by atoms with van der Waals surface area (Å²) < 4.78 is 0. The zero-order chi connectivity index (χ0) is 18.9. The molecule has 1 aliphatic carbocycles. The number of amides is 2. The molecule has 2 fully saturated rings. The fourth-order valence-electron chi connectivity index (χ4n) is 4.24. The maximum Gasteiger partial charge on any atom is 0.318 e. The van der Waals surface area contributed by atoms with Gasteiger partial charge in [-0.1, -0.05) is 25.3 Å². The Balaban J connectivity index is 1.49. The number of nitrogens with zero attached hydrogens (tertiary/aromatic N) is 3. The Morgan fingerprint density at radius 1 is 1.19 bits per heavy atom. The quantitative estimate of drug-likeness (QED) is 0.770. The van der Waals surface area contributed by atoms with Gasteiger partial charge in [-0.2, -0.15) is 0 Å². The number of aliphatic hydroxyl groups excluding tert-OH is 1. The summed E-state index contributed by atoms with van der Waals surface area (Å²) in [7, 11) is 0. The van der Waals surface area contributed by atoms with Gasteiger partial charge >= 0.3 is 6.03 Å². The molecule has 0 spiro atoms. The van der Waals surface area contributed by atoms with Crippen LogP contribution in [0, 0.1) is 5.92 Å². The first-order chi connectivity index (χ1) is 13.3. The van der Waals surface area contributed by atoms with Crippen LogP contribution >= 0.6 is 0 Å². The largest absolute Gasteiger partial charge is 0.396 e. The zero-order valence-electron chi connectivity index (χ0n) is 16.4. The minimum Gasteiger partial charge on any atom is -0.396 e. The van der Waals surface area contributed by atoms with Gasteiger partial charge in [0.1, 0.15) is 0 Å². The van der Waals surface area contributed by atoms with Crippen LogP contribution in [-0.4, -0.2) is 64.7 Å². The summed E-state index contributed by atoms with van der Waals surface area (Å²) in [5.74, 6) is 0.455. The van der Waals surface area contributed by atoms with Crippen molar-refractivity contribution in [2.24, 2.45) is 5.92 Å². The van der Waals surface area contributed by atoms with Gasteiger partial charge in [-0.25, -0.2) is 4.79 Å². The molecule has 27 heavy (non-hydrogen) atoms. The molecule has 0 unspecified atom stereocenters. The van der Waals surface area contributed by atoms with Crippen LogP contribution in [0.4, 0.5) is 4.79 Å². The highest BCUT2D eigenvalue weighted by Gasteiger charge is 2.26. The molecule has 2 heterocycles. The van der Waals surface area contributed by atoms with Crippen LogP contribution < -0.4 is 5.32 Å². The molecule has 6 nitrogen and oxygen atoms in total. The summed E-state index contributed by atoms with van der Waals surface area (Å²) in [4.78, 5) is 21.7. The van der Waals surface area contributed by atoms with E-state index in [9.17, 15) is 9.90 Å². The second-order valence-electron chi connectivity index (χ2n) is 7.94. The molecule has 2 aliphatic rings. The first kappa shape index (κ1) is 20.1. The number of carbonyl (C=O) groups excluding carboxylic acids is 1.